The van der Waals surface area contributed by atoms with Gasteiger partial charge in [0.15, 0.2) is 6.29 Å². The van der Waals surface area contributed by atoms with E-state index in [1.165, 1.54) is 17.6 Å². The lowest BCUT2D eigenvalue weighted by Crippen LogP contribution is -2.20. The maximum Gasteiger partial charge on any atom is 0.197 e. The summed E-state index contributed by atoms with van der Waals surface area (Å²) in [4.78, 5) is 0. The topological polar surface area (TPSA) is 75.6 Å². The van der Waals surface area contributed by atoms with Crippen molar-refractivity contribution in [2.24, 2.45) is 0 Å². The number of aromatic hydroxyl groups is 1. The average Bonchev–Trinajstić information content (AvgIpc) is 2.88. The zero-order chi connectivity index (χ0) is 28.7. The zero-order valence-electron chi connectivity index (χ0n) is 25.4. The van der Waals surface area contributed by atoms with Gasteiger partial charge in [0, 0.05) is 12.7 Å². The summed E-state index contributed by atoms with van der Waals surface area (Å²) in [5, 5.41) is 10.9. The first-order chi connectivity index (χ1) is 18.9. The predicted octanol–water partition coefficient (Wildman–Crippen LogP) is 6.80. The van der Waals surface area contributed by atoms with E-state index >= 15 is 0 Å². The standard InChI is InChI=1S/C32H54O7/c1-7-8-9-13-29-24-31(33)30(15-14-27(4)12-10-11-26(2)3)32(25-29)39-28(5)38-23-22-37-21-20-36-19-18-35-17-16-34-6/h11,14,24-25,28,33H,7-10,12-13,15-23H2,1-6H3. The number of methoxy groups -OCH3 is 1. The number of allylic oxidation sites excluding steroid dienone is 4. The molecule has 1 N–H and O–H groups in total. The number of hydrogen-bond acceptors (Lipinski definition) is 7. The summed E-state index contributed by atoms with van der Waals surface area (Å²) in [6, 6.07) is 3.95. The van der Waals surface area contributed by atoms with Gasteiger partial charge < -0.3 is 33.5 Å². The highest BCUT2D eigenvalue weighted by molar-refractivity contribution is 5.48. The molecule has 39 heavy (non-hydrogen) atoms. The largest absolute Gasteiger partial charge is 0.508 e. The third-order valence-corrected chi connectivity index (χ3v) is 6.11. The van der Waals surface area contributed by atoms with Crippen LogP contribution in [0.2, 0.25) is 0 Å². The molecule has 224 valence electrons. The highest BCUT2D eigenvalue weighted by Crippen LogP contribution is 2.32. The lowest BCUT2D eigenvalue weighted by Gasteiger charge is -2.20. The molecular weight excluding hydrogens is 496 g/mol. The molecule has 0 aromatic heterocycles. The van der Waals surface area contributed by atoms with Crippen molar-refractivity contribution >= 4 is 0 Å². The smallest absolute Gasteiger partial charge is 0.197 e. The SMILES string of the molecule is CCCCCc1cc(O)c(CC=C(C)CCC=C(C)C)c(OC(C)OCCOCCOCCOCCOC)c1. The van der Waals surface area contributed by atoms with E-state index in [1.807, 2.05) is 13.0 Å². The average molecular weight is 551 g/mol. The number of phenolic OH excluding ortho intramolecular Hbond substituents is 1. The molecule has 0 radical (unpaired) electrons. The van der Waals surface area contributed by atoms with E-state index in [2.05, 4.69) is 45.9 Å². The zero-order valence-corrected chi connectivity index (χ0v) is 25.4. The van der Waals surface area contributed by atoms with Crippen LogP contribution in [0.25, 0.3) is 0 Å². The number of benzene rings is 1. The summed E-state index contributed by atoms with van der Waals surface area (Å²) in [6.07, 6.45) is 10.9. The van der Waals surface area contributed by atoms with Crippen molar-refractivity contribution in [1.82, 2.24) is 0 Å². The van der Waals surface area contributed by atoms with E-state index < -0.39 is 6.29 Å². The van der Waals surface area contributed by atoms with E-state index in [9.17, 15) is 5.11 Å². The Hall–Kier alpha value is -1.90. The lowest BCUT2D eigenvalue weighted by molar-refractivity contribution is -0.0870. The molecule has 0 spiro atoms. The molecule has 1 rings (SSSR count). The van der Waals surface area contributed by atoms with Crippen molar-refractivity contribution in [1.29, 1.82) is 0 Å². The second-order valence-corrected chi connectivity index (χ2v) is 10.0. The Kier molecular flexibility index (Phi) is 20.6. The van der Waals surface area contributed by atoms with Crippen molar-refractivity contribution in [3.63, 3.8) is 0 Å². The third-order valence-electron chi connectivity index (χ3n) is 6.11. The number of phenols is 1. The van der Waals surface area contributed by atoms with Gasteiger partial charge in [0.05, 0.1) is 52.9 Å². The summed E-state index contributed by atoms with van der Waals surface area (Å²) < 4.78 is 33.4. The van der Waals surface area contributed by atoms with Crippen LogP contribution in [-0.2, 0) is 36.5 Å². The fourth-order valence-electron chi connectivity index (χ4n) is 3.86. The summed E-state index contributed by atoms with van der Waals surface area (Å²) in [5.74, 6) is 0.969. The lowest BCUT2D eigenvalue weighted by atomic mass is 10.00. The molecule has 0 saturated heterocycles. The van der Waals surface area contributed by atoms with Gasteiger partial charge in [0.25, 0.3) is 0 Å². The van der Waals surface area contributed by atoms with Crippen LogP contribution in [0.4, 0.5) is 0 Å². The Labute approximate surface area is 237 Å². The number of aryl methyl sites for hydroxylation is 1. The molecule has 0 saturated carbocycles. The Balaban J connectivity index is 2.56. The fraction of sp³-hybridized carbons (Fsp3) is 0.688. The molecule has 1 aromatic carbocycles. The fourth-order valence-corrected chi connectivity index (χ4v) is 3.86. The van der Waals surface area contributed by atoms with Gasteiger partial charge >= 0.3 is 0 Å². The summed E-state index contributed by atoms with van der Waals surface area (Å²) in [7, 11) is 1.65. The van der Waals surface area contributed by atoms with Gasteiger partial charge in [-0.05, 0) is 77.5 Å². The van der Waals surface area contributed by atoms with Gasteiger partial charge in [-0.1, -0.05) is 43.1 Å². The van der Waals surface area contributed by atoms with Crippen LogP contribution in [0.15, 0.2) is 35.4 Å². The first-order valence-electron chi connectivity index (χ1n) is 14.5. The molecular formula is C32H54O7. The Morgan fingerprint density at radius 1 is 0.872 bits per heavy atom. The Morgan fingerprint density at radius 2 is 1.51 bits per heavy atom. The molecule has 1 unspecified atom stereocenters. The molecule has 7 nitrogen and oxygen atoms in total. The second kappa shape index (κ2) is 22.9. The van der Waals surface area contributed by atoms with Crippen LogP contribution < -0.4 is 4.74 Å². The van der Waals surface area contributed by atoms with E-state index in [1.54, 1.807) is 7.11 Å². The minimum Gasteiger partial charge on any atom is -0.508 e. The van der Waals surface area contributed by atoms with Crippen LogP contribution in [0.1, 0.15) is 77.8 Å². The normalized spacial score (nSPS) is 12.5. The van der Waals surface area contributed by atoms with Gasteiger partial charge in [-0.25, -0.2) is 0 Å². The second-order valence-electron chi connectivity index (χ2n) is 10.0. The molecule has 0 aliphatic heterocycles. The van der Waals surface area contributed by atoms with Crippen molar-refractivity contribution in [2.45, 2.75) is 85.9 Å². The quantitative estimate of drug-likeness (QED) is 0.0862. The number of hydrogen-bond donors (Lipinski definition) is 1. The van der Waals surface area contributed by atoms with Gasteiger partial charge in [-0.2, -0.15) is 0 Å². The first kappa shape index (κ1) is 35.1. The third kappa shape index (κ3) is 18.1. The van der Waals surface area contributed by atoms with Gasteiger partial charge in [0.2, 0.25) is 0 Å². The van der Waals surface area contributed by atoms with Crippen LogP contribution in [0.5, 0.6) is 11.5 Å². The van der Waals surface area contributed by atoms with Gasteiger partial charge in [-0.3, -0.25) is 0 Å². The minimum atomic E-state index is -0.471. The summed E-state index contributed by atoms with van der Waals surface area (Å²) in [5.41, 5.74) is 4.52. The summed E-state index contributed by atoms with van der Waals surface area (Å²) in [6.45, 7) is 14.5. The van der Waals surface area contributed by atoms with E-state index in [0.717, 1.165) is 43.2 Å². The first-order valence-corrected chi connectivity index (χ1v) is 14.5. The molecule has 1 atom stereocenters. The summed E-state index contributed by atoms with van der Waals surface area (Å²) >= 11 is 0. The number of ether oxygens (including phenoxy) is 6. The molecule has 1 aromatic rings. The van der Waals surface area contributed by atoms with Crippen molar-refractivity contribution in [2.75, 3.05) is 60.0 Å². The van der Waals surface area contributed by atoms with Crippen LogP contribution in [-0.4, -0.2) is 71.4 Å². The molecule has 0 heterocycles. The molecule has 0 bridgehead atoms. The number of rotatable bonds is 24. The Bertz CT molecular complexity index is 815. The van der Waals surface area contributed by atoms with Crippen LogP contribution in [0.3, 0.4) is 0 Å². The molecule has 0 aliphatic carbocycles. The highest BCUT2D eigenvalue weighted by atomic mass is 16.7. The van der Waals surface area contributed by atoms with Crippen molar-refractivity contribution in [3.05, 3.63) is 46.6 Å². The predicted molar refractivity (Wildman–Crippen MR) is 158 cm³/mol. The van der Waals surface area contributed by atoms with E-state index in [-0.39, 0.29) is 5.75 Å². The van der Waals surface area contributed by atoms with Crippen molar-refractivity contribution in [3.8, 4) is 11.5 Å². The van der Waals surface area contributed by atoms with Crippen LogP contribution >= 0.6 is 0 Å². The van der Waals surface area contributed by atoms with Gasteiger partial charge in [-0.15, -0.1) is 0 Å². The Morgan fingerprint density at radius 3 is 2.13 bits per heavy atom. The molecule has 7 heteroatoms. The maximum atomic E-state index is 10.9. The van der Waals surface area contributed by atoms with Crippen molar-refractivity contribution < 1.29 is 33.5 Å². The maximum absolute atomic E-state index is 10.9. The number of unbranched alkanes of at least 4 members (excludes halogenated alkanes) is 2. The minimum absolute atomic E-state index is 0.284. The van der Waals surface area contributed by atoms with E-state index in [4.69, 9.17) is 28.4 Å². The van der Waals surface area contributed by atoms with Gasteiger partial charge in [0.1, 0.15) is 11.5 Å². The molecule has 0 amide bonds. The van der Waals surface area contributed by atoms with Crippen LogP contribution in [0, 0.1) is 0 Å². The molecule has 0 aliphatic rings. The molecule has 0 fully saturated rings. The monoisotopic (exact) mass is 550 g/mol. The van der Waals surface area contributed by atoms with E-state index in [0.29, 0.717) is 65.0 Å². The highest BCUT2D eigenvalue weighted by Gasteiger charge is 2.14.